The van der Waals surface area contributed by atoms with Crippen LogP contribution >= 0.6 is 0 Å². The number of carbonyl (C=O) groups is 1. The number of hydrogen-bond donors (Lipinski definition) is 1. The van der Waals surface area contributed by atoms with Gasteiger partial charge in [-0.3, -0.25) is 4.79 Å². The van der Waals surface area contributed by atoms with Gasteiger partial charge < -0.3 is 9.88 Å². The molecule has 1 aromatic heterocycles. The van der Waals surface area contributed by atoms with E-state index in [0.717, 1.165) is 17.9 Å². The maximum absolute atomic E-state index is 12.3. The van der Waals surface area contributed by atoms with E-state index in [9.17, 15) is 4.79 Å². The second kappa shape index (κ2) is 6.75. The Labute approximate surface area is 139 Å². The highest BCUT2D eigenvalue weighted by Crippen LogP contribution is 2.21. The lowest BCUT2D eigenvalue weighted by Gasteiger charge is -2.08. The van der Waals surface area contributed by atoms with Crippen LogP contribution in [0.5, 0.6) is 0 Å². The topological polar surface area (TPSA) is 83.6 Å². The van der Waals surface area contributed by atoms with Crippen molar-refractivity contribution in [2.75, 3.05) is 5.32 Å². The number of aromatic nitrogens is 3. The molecule has 0 aliphatic carbocycles. The van der Waals surface area contributed by atoms with Crippen molar-refractivity contribution in [2.24, 2.45) is 0 Å². The molecule has 1 amide bonds. The fourth-order valence-corrected chi connectivity index (χ4v) is 2.35. The summed E-state index contributed by atoms with van der Waals surface area (Å²) in [6.45, 7) is 2.79. The lowest BCUT2D eigenvalue weighted by molar-refractivity contribution is 0.102. The van der Waals surface area contributed by atoms with Crippen LogP contribution in [0, 0.1) is 11.3 Å². The fraction of sp³-hybridized carbons (Fsp3) is 0.111. The van der Waals surface area contributed by atoms with E-state index in [1.165, 1.54) is 0 Å². The number of rotatable bonds is 4. The molecular formula is C18H15N5O. The first-order valence-electron chi connectivity index (χ1n) is 7.51. The van der Waals surface area contributed by atoms with Gasteiger partial charge in [-0.05, 0) is 43.3 Å². The van der Waals surface area contributed by atoms with E-state index in [-0.39, 0.29) is 5.91 Å². The van der Waals surface area contributed by atoms with Gasteiger partial charge in [-0.15, -0.1) is 10.2 Å². The summed E-state index contributed by atoms with van der Waals surface area (Å²) in [6, 6.07) is 16.0. The van der Waals surface area contributed by atoms with Gasteiger partial charge in [0.2, 0.25) is 0 Å². The van der Waals surface area contributed by atoms with Gasteiger partial charge in [0, 0.05) is 23.4 Å². The molecule has 0 saturated carbocycles. The Hall–Kier alpha value is -3.46. The normalized spacial score (nSPS) is 10.2. The van der Waals surface area contributed by atoms with E-state index in [4.69, 9.17) is 5.26 Å². The van der Waals surface area contributed by atoms with Crippen molar-refractivity contribution in [1.29, 1.82) is 5.26 Å². The number of benzene rings is 2. The molecule has 0 fully saturated rings. The highest BCUT2D eigenvalue weighted by Gasteiger charge is 2.09. The average Bonchev–Trinajstić information content (AvgIpc) is 3.11. The molecule has 3 rings (SSSR count). The SMILES string of the molecule is CCn1cnnc1-c1cccc(NC(=O)c2ccc(C#N)cc2)c1. The van der Waals surface area contributed by atoms with E-state index in [1.807, 2.05) is 41.8 Å². The van der Waals surface area contributed by atoms with Crippen molar-refractivity contribution in [3.8, 4) is 17.5 Å². The summed E-state index contributed by atoms with van der Waals surface area (Å²) in [5.74, 6) is 0.528. The first-order chi connectivity index (χ1) is 11.7. The molecule has 24 heavy (non-hydrogen) atoms. The molecule has 6 heteroatoms. The third kappa shape index (κ3) is 3.15. The first-order valence-corrected chi connectivity index (χ1v) is 7.51. The molecule has 0 aliphatic heterocycles. The van der Waals surface area contributed by atoms with Crippen LogP contribution in [-0.2, 0) is 6.54 Å². The Kier molecular flexibility index (Phi) is 4.34. The van der Waals surface area contributed by atoms with Gasteiger partial charge in [0.05, 0.1) is 11.6 Å². The van der Waals surface area contributed by atoms with Gasteiger partial charge in [0.15, 0.2) is 5.82 Å². The minimum absolute atomic E-state index is 0.228. The Morgan fingerprint density at radius 2 is 2.04 bits per heavy atom. The molecule has 6 nitrogen and oxygen atoms in total. The van der Waals surface area contributed by atoms with Crippen molar-refractivity contribution in [1.82, 2.24) is 14.8 Å². The number of aryl methyl sites for hydroxylation is 1. The Balaban J connectivity index is 1.81. The number of nitriles is 1. The van der Waals surface area contributed by atoms with Crippen molar-refractivity contribution >= 4 is 11.6 Å². The molecule has 0 atom stereocenters. The molecule has 0 aliphatic rings. The van der Waals surface area contributed by atoms with Gasteiger partial charge in [0.1, 0.15) is 6.33 Å². The predicted octanol–water partition coefficient (Wildman–Crippen LogP) is 3.09. The number of amides is 1. The highest BCUT2D eigenvalue weighted by molar-refractivity contribution is 6.04. The minimum Gasteiger partial charge on any atom is -0.322 e. The quantitative estimate of drug-likeness (QED) is 0.801. The van der Waals surface area contributed by atoms with E-state index < -0.39 is 0 Å². The largest absolute Gasteiger partial charge is 0.322 e. The van der Waals surface area contributed by atoms with Crippen molar-refractivity contribution in [2.45, 2.75) is 13.5 Å². The zero-order chi connectivity index (χ0) is 16.9. The Bertz CT molecular complexity index is 906. The summed E-state index contributed by atoms with van der Waals surface area (Å²) in [4.78, 5) is 12.3. The summed E-state index contributed by atoms with van der Waals surface area (Å²) in [6.07, 6.45) is 1.68. The van der Waals surface area contributed by atoms with Crippen LogP contribution in [-0.4, -0.2) is 20.7 Å². The van der Waals surface area contributed by atoms with Gasteiger partial charge in [0.25, 0.3) is 5.91 Å². The molecular weight excluding hydrogens is 302 g/mol. The molecule has 0 unspecified atom stereocenters. The average molecular weight is 317 g/mol. The third-order valence-electron chi connectivity index (χ3n) is 3.61. The number of nitrogens with zero attached hydrogens (tertiary/aromatic N) is 4. The summed E-state index contributed by atoms with van der Waals surface area (Å²) in [5, 5.41) is 19.7. The van der Waals surface area contributed by atoms with Gasteiger partial charge >= 0.3 is 0 Å². The molecule has 1 heterocycles. The van der Waals surface area contributed by atoms with Gasteiger partial charge in [-0.1, -0.05) is 12.1 Å². The first kappa shape index (κ1) is 15.4. The van der Waals surface area contributed by atoms with E-state index in [1.54, 1.807) is 30.6 Å². The van der Waals surface area contributed by atoms with Crippen molar-refractivity contribution < 1.29 is 4.79 Å². The van der Waals surface area contributed by atoms with Crippen LogP contribution < -0.4 is 5.32 Å². The second-order valence-electron chi connectivity index (χ2n) is 5.16. The molecule has 0 radical (unpaired) electrons. The van der Waals surface area contributed by atoms with E-state index >= 15 is 0 Å². The van der Waals surface area contributed by atoms with E-state index in [0.29, 0.717) is 16.8 Å². The number of nitrogens with one attached hydrogen (secondary N) is 1. The Morgan fingerprint density at radius 3 is 2.75 bits per heavy atom. The molecule has 1 N–H and O–H groups in total. The summed E-state index contributed by atoms with van der Waals surface area (Å²) < 4.78 is 1.93. The molecule has 118 valence electrons. The van der Waals surface area contributed by atoms with Crippen molar-refractivity contribution in [3.05, 3.63) is 66.0 Å². The summed E-state index contributed by atoms with van der Waals surface area (Å²) in [5.41, 5.74) is 2.57. The monoisotopic (exact) mass is 317 g/mol. The van der Waals surface area contributed by atoms with Crippen LogP contribution in [0.25, 0.3) is 11.4 Å². The van der Waals surface area contributed by atoms with Gasteiger partial charge in [-0.25, -0.2) is 0 Å². The Morgan fingerprint density at radius 1 is 1.25 bits per heavy atom. The standard InChI is InChI=1S/C18H15N5O/c1-2-23-12-20-22-17(23)15-4-3-5-16(10-15)21-18(24)14-8-6-13(11-19)7-9-14/h3-10,12H,2H2,1H3,(H,21,24). The van der Waals surface area contributed by atoms with E-state index in [2.05, 4.69) is 15.5 Å². The van der Waals surface area contributed by atoms with Crippen LogP contribution in [0.15, 0.2) is 54.9 Å². The number of anilines is 1. The molecule has 3 aromatic rings. The predicted molar refractivity (Wildman–Crippen MR) is 90.2 cm³/mol. The van der Waals surface area contributed by atoms with Crippen LogP contribution in [0.3, 0.4) is 0 Å². The van der Waals surface area contributed by atoms with Crippen LogP contribution in [0.1, 0.15) is 22.8 Å². The van der Waals surface area contributed by atoms with Crippen LogP contribution in [0.2, 0.25) is 0 Å². The van der Waals surface area contributed by atoms with Crippen LogP contribution in [0.4, 0.5) is 5.69 Å². The number of hydrogen-bond acceptors (Lipinski definition) is 4. The smallest absolute Gasteiger partial charge is 0.255 e. The molecule has 2 aromatic carbocycles. The second-order valence-corrected chi connectivity index (χ2v) is 5.16. The molecule has 0 saturated heterocycles. The lowest BCUT2D eigenvalue weighted by Crippen LogP contribution is -2.11. The fourth-order valence-electron chi connectivity index (χ4n) is 2.35. The maximum Gasteiger partial charge on any atom is 0.255 e. The minimum atomic E-state index is -0.228. The molecule has 0 spiro atoms. The molecule has 0 bridgehead atoms. The highest BCUT2D eigenvalue weighted by atomic mass is 16.1. The lowest BCUT2D eigenvalue weighted by atomic mass is 10.1. The number of carbonyl (C=O) groups excluding carboxylic acids is 1. The summed E-state index contributed by atoms with van der Waals surface area (Å²) >= 11 is 0. The maximum atomic E-state index is 12.3. The van der Waals surface area contributed by atoms with Gasteiger partial charge in [-0.2, -0.15) is 5.26 Å². The third-order valence-corrected chi connectivity index (χ3v) is 3.61. The summed E-state index contributed by atoms with van der Waals surface area (Å²) in [7, 11) is 0. The van der Waals surface area contributed by atoms with Crippen molar-refractivity contribution in [3.63, 3.8) is 0 Å². The zero-order valence-corrected chi connectivity index (χ0v) is 13.1. The zero-order valence-electron chi connectivity index (χ0n) is 13.1.